The molecule has 0 radical (unpaired) electrons. The van der Waals surface area contributed by atoms with Gasteiger partial charge < -0.3 is 11.1 Å². The second-order valence-electron chi connectivity index (χ2n) is 5.61. The minimum atomic E-state index is -0.318. The number of nitrogens with two attached hydrogens (primary N) is 1. The van der Waals surface area contributed by atoms with Gasteiger partial charge in [-0.15, -0.1) is 0 Å². The van der Waals surface area contributed by atoms with E-state index in [2.05, 4.69) is 36.3 Å². The van der Waals surface area contributed by atoms with Gasteiger partial charge in [-0.05, 0) is 18.2 Å². The van der Waals surface area contributed by atoms with Crippen LogP contribution in [0.2, 0.25) is 5.02 Å². The minimum Gasteiger partial charge on any atom is -0.399 e. The predicted octanol–water partition coefficient (Wildman–Crippen LogP) is 3.20. The Morgan fingerprint density at radius 2 is 2.05 bits per heavy atom. The molecule has 4 N–H and O–H groups in total. The van der Waals surface area contributed by atoms with Crippen molar-refractivity contribution < 1.29 is 4.79 Å². The minimum absolute atomic E-state index is 0.0607. The molecule has 0 aliphatic rings. The smallest absolute Gasteiger partial charge is 0.258 e. The molecule has 1 heterocycles. The maximum atomic E-state index is 12.1. The highest BCUT2D eigenvalue weighted by atomic mass is 35.5. The van der Waals surface area contributed by atoms with Crippen LogP contribution < -0.4 is 11.1 Å². The van der Waals surface area contributed by atoms with Crippen LogP contribution in [0.4, 0.5) is 11.5 Å². The Hall–Kier alpha value is -2.01. The van der Waals surface area contributed by atoms with Gasteiger partial charge in [0.2, 0.25) is 0 Å². The van der Waals surface area contributed by atoms with Gasteiger partial charge in [-0.25, -0.2) is 0 Å². The quantitative estimate of drug-likeness (QED) is 0.743. The largest absolute Gasteiger partial charge is 0.399 e. The number of aromatic amines is 1. The van der Waals surface area contributed by atoms with Gasteiger partial charge in [-0.1, -0.05) is 32.4 Å². The van der Waals surface area contributed by atoms with Crippen molar-refractivity contribution in [3.63, 3.8) is 0 Å². The van der Waals surface area contributed by atoms with Crippen LogP contribution in [0, 0.1) is 0 Å². The van der Waals surface area contributed by atoms with Gasteiger partial charge in [0.15, 0.2) is 5.82 Å². The number of hydrogen-bond acceptors (Lipinski definition) is 3. The summed E-state index contributed by atoms with van der Waals surface area (Å²) in [5.41, 5.74) is 7.36. The SMILES string of the molecule is CC(C)(C)c1cc(NC(=O)c2ccc(N)cc2Cl)n[nH]1. The number of nitrogen functional groups attached to an aromatic ring is 1. The number of amides is 1. The van der Waals surface area contributed by atoms with Gasteiger partial charge >= 0.3 is 0 Å². The van der Waals surface area contributed by atoms with Crippen molar-refractivity contribution in [3.05, 3.63) is 40.5 Å². The Bertz CT molecular complexity index is 643. The van der Waals surface area contributed by atoms with Crippen molar-refractivity contribution >= 4 is 29.0 Å². The number of halogens is 1. The molecule has 1 aromatic heterocycles. The molecule has 0 aliphatic carbocycles. The van der Waals surface area contributed by atoms with Crippen molar-refractivity contribution in [1.29, 1.82) is 0 Å². The summed E-state index contributed by atoms with van der Waals surface area (Å²) in [7, 11) is 0. The van der Waals surface area contributed by atoms with Crippen LogP contribution in [-0.4, -0.2) is 16.1 Å². The molecule has 0 unspecified atom stereocenters. The molecule has 1 aromatic carbocycles. The fraction of sp³-hybridized carbons (Fsp3) is 0.286. The topological polar surface area (TPSA) is 83.8 Å². The molecular formula is C14H17ClN4O. The lowest BCUT2D eigenvalue weighted by atomic mass is 9.92. The zero-order valence-electron chi connectivity index (χ0n) is 11.6. The van der Waals surface area contributed by atoms with Gasteiger partial charge in [-0.3, -0.25) is 9.89 Å². The van der Waals surface area contributed by atoms with Crippen LogP contribution in [0.3, 0.4) is 0 Å². The third kappa shape index (κ3) is 3.11. The molecule has 106 valence electrons. The maximum Gasteiger partial charge on any atom is 0.258 e. The molecule has 0 spiro atoms. The number of aromatic nitrogens is 2. The summed E-state index contributed by atoms with van der Waals surface area (Å²) >= 11 is 6.00. The van der Waals surface area contributed by atoms with Crippen molar-refractivity contribution in [1.82, 2.24) is 10.2 Å². The molecule has 2 aromatic rings. The first-order chi connectivity index (χ1) is 9.27. The van der Waals surface area contributed by atoms with Crippen LogP contribution in [0.15, 0.2) is 24.3 Å². The molecule has 0 saturated carbocycles. The zero-order valence-corrected chi connectivity index (χ0v) is 12.4. The van der Waals surface area contributed by atoms with Gasteiger partial charge in [0.1, 0.15) is 0 Å². The first kappa shape index (κ1) is 14.4. The molecule has 0 aliphatic heterocycles. The standard InChI is InChI=1S/C14H17ClN4O/c1-14(2,3)11-7-12(19-18-11)17-13(20)9-5-4-8(16)6-10(9)15/h4-7H,16H2,1-3H3,(H2,17,18,19,20). The van der Waals surface area contributed by atoms with E-state index in [9.17, 15) is 4.79 Å². The van der Waals surface area contributed by atoms with Crippen LogP contribution in [0.1, 0.15) is 36.8 Å². The van der Waals surface area contributed by atoms with E-state index in [0.717, 1.165) is 5.69 Å². The highest BCUT2D eigenvalue weighted by molar-refractivity contribution is 6.34. The van der Waals surface area contributed by atoms with E-state index in [1.54, 1.807) is 18.2 Å². The lowest BCUT2D eigenvalue weighted by Crippen LogP contribution is -2.13. The molecule has 5 nitrogen and oxygen atoms in total. The Balaban J connectivity index is 2.17. The van der Waals surface area contributed by atoms with Crippen molar-refractivity contribution in [2.45, 2.75) is 26.2 Å². The average molecular weight is 293 g/mol. The molecule has 0 saturated heterocycles. The molecule has 20 heavy (non-hydrogen) atoms. The molecule has 0 fully saturated rings. The lowest BCUT2D eigenvalue weighted by molar-refractivity contribution is 0.102. The predicted molar refractivity (Wildman–Crippen MR) is 81.1 cm³/mol. The van der Waals surface area contributed by atoms with Crippen molar-refractivity contribution in [2.24, 2.45) is 0 Å². The molecular weight excluding hydrogens is 276 g/mol. The van der Waals surface area contributed by atoms with Crippen LogP contribution in [-0.2, 0) is 5.41 Å². The number of hydrogen-bond donors (Lipinski definition) is 3. The summed E-state index contributed by atoms with van der Waals surface area (Å²) in [5, 5.41) is 10.00. The summed E-state index contributed by atoms with van der Waals surface area (Å²) in [6, 6.07) is 6.57. The summed E-state index contributed by atoms with van der Waals surface area (Å²) in [5.74, 6) is 0.148. The Kier molecular flexibility index (Phi) is 3.72. The first-order valence-corrected chi connectivity index (χ1v) is 6.57. The molecule has 1 amide bonds. The van der Waals surface area contributed by atoms with Gasteiger partial charge in [-0.2, -0.15) is 5.10 Å². The maximum absolute atomic E-state index is 12.1. The van der Waals surface area contributed by atoms with Gasteiger partial charge in [0.25, 0.3) is 5.91 Å². The van der Waals surface area contributed by atoms with Crippen LogP contribution in [0.25, 0.3) is 0 Å². The number of anilines is 2. The van der Waals surface area contributed by atoms with Crippen molar-refractivity contribution in [3.8, 4) is 0 Å². The molecule has 0 atom stereocenters. The highest BCUT2D eigenvalue weighted by Gasteiger charge is 2.18. The van der Waals surface area contributed by atoms with Crippen LogP contribution >= 0.6 is 11.6 Å². The second kappa shape index (κ2) is 5.17. The van der Waals surface area contributed by atoms with E-state index in [4.69, 9.17) is 17.3 Å². The third-order valence-corrected chi connectivity index (χ3v) is 3.18. The van der Waals surface area contributed by atoms with E-state index in [-0.39, 0.29) is 11.3 Å². The normalized spacial score (nSPS) is 11.4. The van der Waals surface area contributed by atoms with Crippen molar-refractivity contribution in [2.75, 3.05) is 11.1 Å². The first-order valence-electron chi connectivity index (χ1n) is 6.19. The number of carbonyl (C=O) groups excluding carboxylic acids is 1. The monoisotopic (exact) mass is 292 g/mol. The van der Waals surface area contributed by atoms with Crippen LogP contribution in [0.5, 0.6) is 0 Å². The average Bonchev–Trinajstić information content (AvgIpc) is 2.76. The van der Waals surface area contributed by atoms with E-state index >= 15 is 0 Å². The van der Waals surface area contributed by atoms with E-state index in [0.29, 0.717) is 22.1 Å². The summed E-state index contributed by atoms with van der Waals surface area (Å²) in [6.45, 7) is 6.18. The second-order valence-corrected chi connectivity index (χ2v) is 6.02. The number of H-pyrrole nitrogens is 1. The number of benzene rings is 1. The molecule has 0 bridgehead atoms. The lowest BCUT2D eigenvalue weighted by Gasteiger charge is -2.14. The molecule has 6 heteroatoms. The summed E-state index contributed by atoms with van der Waals surface area (Å²) < 4.78 is 0. The number of nitrogens with one attached hydrogen (secondary N) is 2. The Morgan fingerprint density at radius 3 is 2.60 bits per heavy atom. The zero-order chi connectivity index (χ0) is 14.9. The molecule has 2 rings (SSSR count). The van der Waals surface area contributed by atoms with E-state index < -0.39 is 0 Å². The van der Waals surface area contributed by atoms with Gasteiger partial charge in [0.05, 0.1) is 10.6 Å². The van der Waals surface area contributed by atoms with Gasteiger partial charge in [0, 0.05) is 22.9 Å². The van der Waals surface area contributed by atoms with E-state index in [1.807, 2.05) is 6.07 Å². The summed E-state index contributed by atoms with van der Waals surface area (Å²) in [4.78, 5) is 12.1. The fourth-order valence-electron chi connectivity index (χ4n) is 1.67. The Labute approximate surface area is 122 Å². The third-order valence-electron chi connectivity index (χ3n) is 2.87. The highest BCUT2D eigenvalue weighted by Crippen LogP contribution is 2.23. The fourth-order valence-corrected chi connectivity index (χ4v) is 1.94. The number of nitrogens with zero attached hydrogens (tertiary/aromatic N) is 1. The van der Waals surface area contributed by atoms with E-state index in [1.165, 1.54) is 0 Å². The Morgan fingerprint density at radius 1 is 1.35 bits per heavy atom. The summed E-state index contributed by atoms with van der Waals surface area (Å²) in [6.07, 6.45) is 0. The number of carbonyl (C=O) groups is 1. The number of rotatable bonds is 2.